The topological polar surface area (TPSA) is 12.0 Å². The van der Waals surface area contributed by atoms with E-state index in [1.54, 1.807) is 11.3 Å². The smallest absolute Gasteiger partial charge is 0.308 e. The van der Waals surface area contributed by atoms with Gasteiger partial charge in [-0.25, -0.2) is 0 Å². The van der Waals surface area contributed by atoms with Crippen LogP contribution in [0.1, 0.15) is 30.6 Å². The second-order valence-corrected chi connectivity index (χ2v) is 6.56. The average Bonchev–Trinajstić information content (AvgIpc) is 2.72. The lowest BCUT2D eigenvalue weighted by Gasteiger charge is -2.33. The molecule has 1 nitrogen and oxygen atoms in total. The van der Waals surface area contributed by atoms with Crippen LogP contribution in [0.15, 0.2) is 15.9 Å². The minimum absolute atomic E-state index is 0.259. The van der Waals surface area contributed by atoms with Gasteiger partial charge in [-0.1, -0.05) is 12.8 Å². The van der Waals surface area contributed by atoms with Crippen LogP contribution in [0.4, 0.5) is 13.2 Å². The molecule has 18 heavy (non-hydrogen) atoms. The normalized spacial score (nSPS) is 25.3. The van der Waals surface area contributed by atoms with E-state index in [2.05, 4.69) is 21.2 Å². The molecule has 1 aromatic rings. The highest BCUT2D eigenvalue weighted by atomic mass is 79.9. The number of hydrogen-bond donors (Lipinski definition) is 1. The highest BCUT2D eigenvalue weighted by Crippen LogP contribution is 2.37. The molecule has 0 saturated heterocycles. The summed E-state index contributed by atoms with van der Waals surface area (Å²) in [4.78, 5) is 1.06. The molecule has 1 N–H and O–H groups in total. The lowest BCUT2D eigenvalue weighted by molar-refractivity contribution is -0.189. The molecule has 102 valence electrons. The maximum Gasteiger partial charge on any atom is 0.393 e. The number of nitrogens with one attached hydrogen (secondary N) is 1. The molecule has 0 bridgehead atoms. The van der Waals surface area contributed by atoms with Crippen LogP contribution in [-0.2, 0) is 6.54 Å². The van der Waals surface area contributed by atoms with E-state index in [9.17, 15) is 13.2 Å². The third-order valence-electron chi connectivity index (χ3n) is 3.35. The number of alkyl halides is 3. The molecule has 1 fully saturated rings. The molecule has 1 heterocycles. The Morgan fingerprint density at radius 1 is 1.33 bits per heavy atom. The van der Waals surface area contributed by atoms with Crippen molar-refractivity contribution in [1.29, 1.82) is 0 Å². The highest BCUT2D eigenvalue weighted by molar-refractivity contribution is 9.10. The third-order valence-corrected chi connectivity index (χ3v) is 5.04. The Kier molecular flexibility index (Phi) is 4.72. The van der Waals surface area contributed by atoms with Gasteiger partial charge in [0, 0.05) is 27.3 Å². The van der Waals surface area contributed by atoms with Gasteiger partial charge in [0.05, 0.1) is 5.92 Å². The van der Waals surface area contributed by atoms with E-state index >= 15 is 0 Å². The first-order valence-electron chi connectivity index (χ1n) is 6.00. The van der Waals surface area contributed by atoms with Gasteiger partial charge in [-0.15, -0.1) is 11.3 Å². The van der Waals surface area contributed by atoms with Crippen LogP contribution in [0.2, 0.25) is 0 Å². The first-order chi connectivity index (χ1) is 8.47. The predicted octanol–water partition coefficient (Wildman–Crippen LogP) is 4.72. The van der Waals surface area contributed by atoms with E-state index in [0.717, 1.165) is 15.8 Å². The summed E-state index contributed by atoms with van der Waals surface area (Å²) in [6.45, 7) is 0.521. The molecule has 0 aliphatic heterocycles. The SMILES string of the molecule is FC(F)(F)C1CCCCC1NCc1cc(Br)cs1. The van der Waals surface area contributed by atoms with Crippen LogP contribution in [0.25, 0.3) is 0 Å². The van der Waals surface area contributed by atoms with E-state index in [-0.39, 0.29) is 6.42 Å². The van der Waals surface area contributed by atoms with Crippen molar-refractivity contribution in [2.45, 2.75) is 44.4 Å². The van der Waals surface area contributed by atoms with Crippen LogP contribution in [0, 0.1) is 5.92 Å². The lowest BCUT2D eigenvalue weighted by Crippen LogP contribution is -2.45. The molecule has 1 saturated carbocycles. The van der Waals surface area contributed by atoms with E-state index in [1.807, 2.05) is 11.4 Å². The Bertz CT molecular complexity index is 391. The second kappa shape index (κ2) is 5.92. The molecule has 1 aromatic heterocycles. The van der Waals surface area contributed by atoms with Gasteiger partial charge in [0.25, 0.3) is 0 Å². The van der Waals surface area contributed by atoms with Gasteiger partial charge in [-0.05, 0) is 34.8 Å². The molecule has 0 amide bonds. The van der Waals surface area contributed by atoms with Gasteiger partial charge >= 0.3 is 6.18 Å². The monoisotopic (exact) mass is 341 g/mol. The molecule has 0 aromatic carbocycles. The number of rotatable bonds is 3. The first kappa shape index (κ1) is 14.3. The highest BCUT2D eigenvalue weighted by Gasteiger charge is 2.45. The maximum atomic E-state index is 12.9. The predicted molar refractivity (Wildman–Crippen MR) is 70.7 cm³/mol. The van der Waals surface area contributed by atoms with Gasteiger partial charge in [-0.2, -0.15) is 13.2 Å². The Hall–Kier alpha value is -0.0700. The number of thiophene rings is 1. The van der Waals surface area contributed by atoms with Gasteiger partial charge in [-0.3, -0.25) is 0 Å². The molecule has 0 radical (unpaired) electrons. The zero-order valence-electron chi connectivity index (χ0n) is 9.77. The van der Waals surface area contributed by atoms with Crippen molar-refractivity contribution in [2.75, 3.05) is 0 Å². The molecule has 0 spiro atoms. The standard InChI is InChI=1S/C12H15BrF3NS/c13-8-5-9(18-7-8)6-17-11-4-2-1-3-10(11)12(14,15)16/h5,7,10-11,17H,1-4,6H2. The molecule has 6 heteroatoms. The third kappa shape index (κ3) is 3.71. The number of hydrogen-bond acceptors (Lipinski definition) is 2. The van der Waals surface area contributed by atoms with Crippen molar-refractivity contribution >= 4 is 27.3 Å². The summed E-state index contributed by atoms with van der Waals surface area (Å²) in [5.74, 6) is -1.19. The van der Waals surface area contributed by atoms with Crippen LogP contribution >= 0.6 is 27.3 Å². The first-order valence-corrected chi connectivity index (χ1v) is 7.67. The van der Waals surface area contributed by atoms with Crippen molar-refractivity contribution < 1.29 is 13.2 Å². The summed E-state index contributed by atoms with van der Waals surface area (Å²) >= 11 is 4.90. The summed E-state index contributed by atoms with van der Waals surface area (Å²) in [6, 6.07) is 1.52. The Labute approximate surface area is 117 Å². The van der Waals surface area contributed by atoms with Gasteiger partial charge in [0.1, 0.15) is 0 Å². The Balaban J connectivity index is 1.93. The molecule has 1 aliphatic rings. The van der Waals surface area contributed by atoms with Crippen molar-refractivity contribution in [1.82, 2.24) is 5.32 Å². The van der Waals surface area contributed by atoms with Crippen molar-refractivity contribution in [3.8, 4) is 0 Å². The molecule has 2 rings (SSSR count). The van der Waals surface area contributed by atoms with Gasteiger partial charge in [0.15, 0.2) is 0 Å². The van der Waals surface area contributed by atoms with Crippen LogP contribution in [0.3, 0.4) is 0 Å². The molecule has 1 aliphatic carbocycles. The molecule has 2 atom stereocenters. The summed E-state index contributed by atoms with van der Waals surface area (Å²) in [5, 5.41) is 5.02. The Morgan fingerprint density at radius 3 is 2.67 bits per heavy atom. The fourth-order valence-corrected chi connectivity index (χ4v) is 3.85. The van der Waals surface area contributed by atoms with Crippen LogP contribution < -0.4 is 5.32 Å². The van der Waals surface area contributed by atoms with Crippen LogP contribution in [0.5, 0.6) is 0 Å². The molecular weight excluding hydrogens is 327 g/mol. The largest absolute Gasteiger partial charge is 0.393 e. The minimum Gasteiger partial charge on any atom is -0.308 e. The van der Waals surface area contributed by atoms with Gasteiger partial charge in [0.2, 0.25) is 0 Å². The quantitative estimate of drug-likeness (QED) is 0.838. The van der Waals surface area contributed by atoms with E-state index < -0.39 is 18.1 Å². The van der Waals surface area contributed by atoms with Crippen LogP contribution in [-0.4, -0.2) is 12.2 Å². The summed E-state index contributed by atoms with van der Waals surface area (Å²) < 4.78 is 39.6. The van der Waals surface area contributed by atoms with Gasteiger partial charge < -0.3 is 5.32 Å². The Morgan fingerprint density at radius 2 is 2.06 bits per heavy atom. The zero-order valence-corrected chi connectivity index (χ0v) is 12.2. The van der Waals surface area contributed by atoms with Crippen molar-refractivity contribution in [2.24, 2.45) is 5.92 Å². The van der Waals surface area contributed by atoms with Crippen molar-refractivity contribution in [3.63, 3.8) is 0 Å². The maximum absolute atomic E-state index is 12.9. The summed E-state index contributed by atoms with van der Waals surface area (Å²) in [5.41, 5.74) is 0. The number of halogens is 4. The van der Waals surface area contributed by atoms with E-state index in [0.29, 0.717) is 19.4 Å². The minimum atomic E-state index is -4.08. The second-order valence-electron chi connectivity index (χ2n) is 4.65. The zero-order chi connectivity index (χ0) is 13.2. The fourth-order valence-electron chi connectivity index (χ4n) is 2.45. The lowest BCUT2D eigenvalue weighted by atomic mass is 9.84. The fraction of sp³-hybridized carbons (Fsp3) is 0.667. The van der Waals surface area contributed by atoms with E-state index in [4.69, 9.17) is 0 Å². The summed E-state index contributed by atoms with van der Waals surface area (Å²) in [6.07, 6.45) is -1.62. The average molecular weight is 342 g/mol. The van der Waals surface area contributed by atoms with Crippen molar-refractivity contribution in [3.05, 3.63) is 20.8 Å². The molecule has 2 unspecified atom stereocenters. The van der Waals surface area contributed by atoms with E-state index in [1.165, 1.54) is 0 Å². The molecular formula is C12H15BrF3NS. The summed E-state index contributed by atoms with van der Waals surface area (Å²) in [7, 11) is 0.